The van der Waals surface area contributed by atoms with Gasteiger partial charge in [-0.25, -0.2) is 0 Å². The van der Waals surface area contributed by atoms with E-state index >= 15 is 0 Å². The lowest BCUT2D eigenvalue weighted by molar-refractivity contribution is -0.686. The van der Waals surface area contributed by atoms with E-state index in [1.807, 2.05) is 17.4 Å². The van der Waals surface area contributed by atoms with Gasteiger partial charge in [0.2, 0.25) is 0 Å². The first-order valence-electron chi connectivity index (χ1n) is 7.34. The van der Waals surface area contributed by atoms with Crippen molar-refractivity contribution in [3.05, 3.63) is 62.5 Å². The van der Waals surface area contributed by atoms with Crippen LogP contribution < -0.4 is 10.6 Å². The fourth-order valence-corrected chi connectivity index (χ4v) is 2.91. The standard InChI is InChI=1S/C17H17BrCl2N2O/c1-2-14(11-6-8-12(18)9-7-11)21-10-16(23)22-15-5-3-4-13(19)17(15)20/h3-9,14,21H,2,10H2,1H3,(H,22,23)/p+1/t14-/m1/s1. The van der Waals surface area contributed by atoms with Crippen molar-refractivity contribution in [3.8, 4) is 0 Å². The number of hydrogen-bond acceptors (Lipinski definition) is 1. The molecule has 3 N–H and O–H groups in total. The van der Waals surface area contributed by atoms with Gasteiger partial charge < -0.3 is 10.6 Å². The number of quaternary nitrogens is 1. The monoisotopic (exact) mass is 415 g/mol. The molecule has 0 radical (unpaired) electrons. The van der Waals surface area contributed by atoms with Crippen LogP contribution in [0.5, 0.6) is 0 Å². The number of carbonyl (C=O) groups is 1. The van der Waals surface area contributed by atoms with Crippen molar-refractivity contribution in [1.29, 1.82) is 0 Å². The quantitative estimate of drug-likeness (QED) is 0.719. The third-order valence-corrected chi connectivity index (χ3v) is 4.90. The Labute approximate surface area is 154 Å². The molecule has 0 spiro atoms. The largest absolute Gasteiger partial charge is 0.332 e. The van der Waals surface area contributed by atoms with E-state index in [0.717, 1.165) is 10.9 Å². The Morgan fingerprint density at radius 1 is 1.22 bits per heavy atom. The summed E-state index contributed by atoms with van der Waals surface area (Å²) >= 11 is 15.5. The number of carbonyl (C=O) groups excluding carboxylic acids is 1. The van der Waals surface area contributed by atoms with E-state index in [9.17, 15) is 4.79 Å². The summed E-state index contributed by atoms with van der Waals surface area (Å²) < 4.78 is 1.05. The van der Waals surface area contributed by atoms with Gasteiger partial charge in [0.25, 0.3) is 5.91 Å². The van der Waals surface area contributed by atoms with Crippen molar-refractivity contribution >= 4 is 50.7 Å². The maximum Gasteiger partial charge on any atom is 0.279 e. The van der Waals surface area contributed by atoms with E-state index in [4.69, 9.17) is 23.2 Å². The van der Waals surface area contributed by atoms with Crippen molar-refractivity contribution in [2.75, 3.05) is 11.9 Å². The second-order valence-corrected chi connectivity index (χ2v) is 6.86. The summed E-state index contributed by atoms with van der Waals surface area (Å²) in [7, 11) is 0. The highest BCUT2D eigenvalue weighted by atomic mass is 79.9. The molecular weight excluding hydrogens is 399 g/mol. The Kier molecular flexibility index (Phi) is 6.90. The van der Waals surface area contributed by atoms with Gasteiger partial charge >= 0.3 is 0 Å². The van der Waals surface area contributed by atoms with Crippen LogP contribution in [0.4, 0.5) is 5.69 Å². The maximum absolute atomic E-state index is 12.1. The fourth-order valence-electron chi connectivity index (χ4n) is 2.30. The number of nitrogens with one attached hydrogen (secondary N) is 1. The van der Waals surface area contributed by atoms with Crippen LogP contribution >= 0.6 is 39.1 Å². The summed E-state index contributed by atoms with van der Waals surface area (Å²) in [6, 6.07) is 13.6. The van der Waals surface area contributed by atoms with Gasteiger partial charge in [0.05, 0.1) is 15.7 Å². The van der Waals surface area contributed by atoms with E-state index in [1.54, 1.807) is 18.2 Å². The Morgan fingerprint density at radius 2 is 1.91 bits per heavy atom. The molecule has 1 atom stereocenters. The van der Waals surface area contributed by atoms with E-state index in [2.05, 4.69) is 40.3 Å². The van der Waals surface area contributed by atoms with Crippen LogP contribution in [0.1, 0.15) is 24.9 Å². The molecule has 1 amide bonds. The summed E-state index contributed by atoms with van der Waals surface area (Å²) in [5, 5.41) is 5.61. The molecule has 0 aliphatic rings. The Hall–Kier alpha value is -1.07. The minimum absolute atomic E-state index is 0.107. The molecule has 2 rings (SSSR count). The van der Waals surface area contributed by atoms with E-state index in [0.29, 0.717) is 22.3 Å². The average Bonchev–Trinajstić information content (AvgIpc) is 2.54. The SMILES string of the molecule is CC[C@@H]([NH2+]CC(=O)Nc1cccc(Cl)c1Cl)c1ccc(Br)cc1. The molecule has 0 bridgehead atoms. The molecule has 0 aromatic heterocycles. The molecule has 0 saturated carbocycles. The molecule has 0 heterocycles. The van der Waals surface area contributed by atoms with Crippen LogP contribution in [0.15, 0.2) is 46.9 Å². The minimum atomic E-state index is -0.107. The van der Waals surface area contributed by atoms with Crippen LogP contribution in [0, 0.1) is 0 Å². The summed E-state index contributed by atoms with van der Waals surface area (Å²) in [5.74, 6) is -0.107. The van der Waals surface area contributed by atoms with Gasteiger partial charge in [-0.3, -0.25) is 4.79 Å². The van der Waals surface area contributed by atoms with Gasteiger partial charge in [-0.15, -0.1) is 0 Å². The molecule has 2 aromatic carbocycles. The Bertz CT molecular complexity index is 677. The van der Waals surface area contributed by atoms with Gasteiger partial charge in [0, 0.05) is 16.5 Å². The first-order valence-corrected chi connectivity index (χ1v) is 8.88. The highest BCUT2D eigenvalue weighted by molar-refractivity contribution is 9.10. The van der Waals surface area contributed by atoms with E-state index in [1.165, 1.54) is 5.56 Å². The predicted octanol–water partition coefficient (Wildman–Crippen LogP) is 4.41. The van der Waals surface area contributed by atoms with Gasteiger partial charge in [-0.1, -0.05) is 64.3 Å². The molecule has 0 fully saturated rings. The zero-order valence-electron chi connectivity index (χ0n) is 12.7. The van der Waals surface area contributed by atoms with Crippen molar-refractivity contribution in [2.24, 2.45) is 0 Å². The van der Waals surface area contributed by atoms with Crippen LogP contribution in [0.3, 0.4) is 0 Å². The lowest BCUT2D eigenvalue weighted by Gasteiger charge is -2.14. The van der Waals surface area contributed by atoms with Crippen LogP contribution in [0.25, 0.3) is 0 Å². The molecule has 23 heavy (non-hydrogen) atoms. The van der Waals surface area contributed by atoms with Crippen LogP contribution in [0.2, 0.25) is 10.0 Å². The molecule has 3 nitrogen and oxygen atoms in total. The molecule has 122 valence electrons. The zero-order valence-corrected chi connectivity index (χ0v) is 15.8. The molecule has 0 unspecified atom stereocenters. The molecule has 0 aliphatic heterocycles. The molecule has 0 saturated heterocycles. The summed E-state index contributed by atoms with van der Waals surface area (Å²) in [5.41, 5.74) is 1.73. The minimum Gasteiger partial charge on any atom is -0.332 e. The summed E-state index contributed by atoms with van der Waals surface area (Å²) in [6.07, 6.45) is 0.937. The Morgan fingerprint density at radius 3 is 2.57 bits per heavy atom. The molecular formula is C17H18BrCl2N2O+. The van der Waals surface area contributed by atoms with Crippen LogP contribution in [-0.4, -0.2) is 12.5 Å². The second-order valence-electron chi connectivity index (χ2n) is 5.16. The fraction of sp³-hybridized carbons (Fsp3) is 0.235. The van der Waals surface area contributed by atoms with Crippen molar-refractivity contribution < 1.29 is 10.1 Å². The highest BCUT2D eigenvalue weighted by Crippen LogP contribution is 2.29. The summed E-state index contributed by atoms with van der Waals surface area (Å²) in [6.45, 7) is 2.42. The smallest absolute Gasteiger partial charge is 0.279 e. The third kappa shape index (κ3) is 5.21. The zero-order chi connectivity index (χ0) is 16.8. The lowest BCUT2D eigenvalue weighted by atomic mass is 10.0. The van der Waals surface area contributed by atoms with Gasteiger partial charge in [0.1, 0.15) is 6.04 Å². The average molecular weight is 417 g/mol. The first-order chi connectivity index (χ1) is 11.0. The number of amides is 1. The van der Waals surface area contributed by atoms with E-state index in [-0.39, 0.29) is 11.9 Å². The van der Waals surface area contributed by atoms with Crippen molar-refractivity contribution in [2.45, 2.75) is 19.4 Å². The number of anilines is 1. The number of nitrogens with two attached hydrogens (primary N) is 1. The van der Waals surface area contributed by atoms with E-state index < -0.39 is 0 Å². The summed E-state index contributed by atoms with van der Waals surface area (Å²) in [4.78, 5) is 12.1. The maximum atomic E-state index is 12.1. The first kappa shape index (κ1) is 18.3. The number of benzene rings is 2. The number of hydrogen-bond donors (Lipinski definition) is 2. The molecule has 0 aliphatic carbocycles. The second kappa shape index (κ2) is 8.69. The molecule has 2 aromatic rings. The number of halogens is 3. The Balaban J connectivity index is 1.94. The van der Waals surface area contributed by atoms with Gasteiger partial charge in [-0.2, -0.15) is 0 Å². The van der Waals surface area contributed by atoms with Gasteiger partial charge in [-0.05, 0) is 24.3 Å². The lowest BCUT2D eigenvalue weighted by Crippen LogP contribution is -2.87. The molecule has 6 heteroatoms. The topological polar surface area (TPSA) is 45.7 Å². The normalized spacial score (nSPS) is 12.0. The van der Waals surface area contributed by atoms with Crippen molar-refractivity contribution in [1.82, 2.24) is 0 Å². The van der Waals surface area contributed by atoms with Gasteiger partial charge in [0.15, 0.2) is 6.54 Å². The highest BCUT2D eigenvalue weighted by Gasteiger charge is 2.15. The number of rotatable bonds is 6. The van der Waals surface area contributed by atoms with Crippen LogP contribution in [-0.2, 0) is 4.79 Å². The third-order valence-electron chi connectivity index (χ3n) is 3.55. The van der Waals surface area contributed by atoms with Crippen molar-refractivity contribution in [3.63, 3.8) is 0 Å². The predicted molar refractivity (Wildman–Crippen MR) is 99.1 cm³/mol.